The highest BCUT2D eigenvalue weighted by Crippen LogP contribution is 2.16. The number of rotatable bonds is 3. The fourth-order valence-electron chi connectivity index (χ4n) is 2.26. The molecule has 0 aliphatic heterocycles. The van der Waals surface area contributed by atoms with E-state index in [1.54, 1.807) is 6.07 Å². The number of carboxylic acids is 1. The average molecular weight is 281 g/mol. The normalized spacial score (nSPS) is 10.7. The maximum absolute atomic E-state index is 13.4. The first-order chi connectivity index (χ1) is 10.1. The summed E-state index contributed by atoms with van der Waals surface area (Å²) in [5.41, 5.74) is 2.11. The number of aromatic nitrogens is 1. The second kappa shape index (κ2) is 5.32. The van der Waals surface area contributed by atoms with Gasteiger partial charge in [0.2, 0.25) is 0 Å². The lowest BCUT2D eigenvalue weighted by Gasteiger charge is -2.05. The van der Waals surface area contributed by atoms with Crippen molar-refractivity contribution in [1.29, 1.82) is 0 Å². The first-order valence-electron chi connectivity index (χ1n) is 6.50. The Labute approximate surface area is 120 Å². The van der Waals surface area contributed by atoms with Gasteiger partial charge < -0.3 is 5.11 Å². The van der Waals surface area contributed by atoms with Crippen molar-refractivity contribution in [3.8, 4) is 0 Å². The summed E-state index contributed by atoms with van der Waals surface area (Å²) in [6.07, 6.45) is 0.464. The summed E-state index contributed by atoms with van der Waals surface area (Å²) in [6.45, 7) is 0. The van der Waals surface area contributed by atoms with Crippen molar-refractivity contribution in [2.45, 2.75) is 6.42 Å². The van der Waals surface area contributed by atoms with Crippen LogP contribution < -0.4 is 0 Å². The molecular formula is C17H12FNO2. The number of hydrogen-bond donors (Lipinski definition) is 1. The molecule has 2 aromatic carbocycles. The molecule has 0 atom stereocenters. The summed E-state index contributed by atoms with van der Waals surface area (Å²) < 4.78 is 13.4. The first kappa shape index (κ1) is 13.2. The van der Waals surface area contributed by atoms with Crippen LogP contribution >= 0.6 is 0 Å². The van der Waals surface area contributed by atoms with Crippen LogP contribution in [0.15, 0.2) is 54.6 Å². The second-order valence-electron chi connectivity index (χ2n) is 4.79. The van der Waals surface area contributed by atoms with Crippen molar-refractivity contribution >= 4 is 16.9 Å². The van der Waals surface area contributed by atoms with Crippen molar-refractivity contribution in [3.63, 3.8) is 0 Å². The molecule has 3 nitrogen and oxygen atoms in total. The molecule has 0 saturated heterocycles. The molecule has 1 heterocycles. The monoisotopic (exact) mass is 281 g/mol. The van der Waals surface area contributed by atoms with Gasteiger partial charge in [-0.25, -0.2) is 9.18 Å². The molecule has 0 aliphatic rings. The predicted octanol–water partition coefficient (Wildman–Crippen LogP) is 3.66. The molecule has 0 aliphatic carbocycles. The highest BCUT2D eigenvalue weighted by Gasteiger charge is 2.11. The molecule has 0 saturated carbocycles. The van der Waals surface area contributed by atoms with Gasteiger partial charge in [-0.15, -0.1) is 0 Å². The van der Waals surface area contributed by atoms with Gasteiger partial charge >= 0.3 is 5.97 Å². The maximum Gasteiger partial charge on any atom is 0.338 e. The number of benzene rings is 2. The van der Waals surface area contributed by atoms with Crippen molar-refractivity contribution < 1.29 is 14.3 Å². The quantitative estimate of drug-likeness (QED) is 0.797. The Morgan fingerprint density at radius 2 is 1.90 bits per heavy atom. The highest BCUT2D eigenvalue weighted by atomic mass is 19.1. The summed E-state index contributed by atoms with van der Waals surface area (Å²) in [7, 11) is 0. The van der Waals surface area contributed by atoms with Crippen LogP contribution in [0.25, 0.3) is 10.9 Å². The molecular weight excluding hydrogens is 269 g/mol. The summed E-state index contributed by atoms with van der Waals surface area (Å²) in [6, 6.07) is 15.7. The van der Waals surface area contributed by atoms with Crippen molar-refractivity contribution in [3.05, 3.63) is 77.2 Å². The minimum atomic E-state index is -1.26. The van der Waals surface area contributed by atoms with Gasteiger partial charge in [0, 0.05) is 17.5 Å². The zero-order chi connectivity index (χ0) is 14.8. The SMILES string of the molecule is O=C(O)c1cc(Cc2ccc3ccccc3n2)ccc1F. The molecule has 1 N–H and O–H groups in total. The molecule has 0 radical (unpaired) electrons. The number of nitrogens with zero attached hydrogens (tertiary/aromatic N) is 1. The van der Waals surface area contributed by atoms with Gasteiger partial charge in [-0.05, 0) is 29.8 Å². The van der Waals surface area contributed by atoms with E-state index in [4.69, 9.17) is 5.11 Å². The fourth-order valence-corrected chi connectivity index (χ4v) is 2.26. The molecule has 3 rings (SSSR count). The third-order valence-electron chi connectivity index (χ3n) is 3.30. The minimum absolute atomic E-state index is 0.312. The van der Waals surface area contributed by atoms with E-state index >= 15 is 0 Å². The Kier molecular flexibility index (Phi) is 3.36. The van der Waals surface area contributed by atoms with Crippen LogP contribution in [0.4, 0.5) is 4.39 Å². The number of aromatic carboxylic acids is 1. The van der Waals surface area contributed by atoms with Crippen molar-refractivity contribution in [2.75, 3.05) is 0 Å². The molecule has 1 aromatic heterocycles. The second-order valence-corrected chi connectivity index (χ2v) is 4.79. The number of para-hydroxylation sites is 1. The van der Waals surface area contributed by atoms with Gasteiger partial charge in [-0.1, -0.05) is 30.3 Å². The maximum atomic E-state index is 13.4. The van der Waals surface area contributed by atoms with Gasteiger partial charge in [0.05, 0.1) is 11.1 Å². The molecule has 0 spiro atoms. The van der Waals surface area contributed by atoms with Crippen LogP contribution in [-0.4, -0.2) is 16.1 Å². The van der Waals surface area contributed by atoms with Crippen LogP contribution in [0.5, 0.6) is 0 Å². The lowest BCUT2D eigenvalue weighted by molar-refractivity contribution is 0.0691. The van der Waals surface area contributed by atoms with Gasteiger partial charge in [0.1, 0.15) is 5.82 Å². The van der Waals surface area contributed by atoms with Crippen molar-refractivity contribution in [2.24, 2.45) is 0 Å². The first-order valence-corrected chi connectivity index (χ1v) is 6.50. The largest absolute Gasteiger partial charge is 0.478 e. The number of carbonyl (C=O) groups is 1. The van der Waals surface area contributed by atoms with E-state index < -0.39 is 11.8 Å². The lowest BCUT2D eigenvalue weighted by Crippen LogP contribution is -2.02. The van der Waals surface area contributed by atoms with Gasteiger partial charge in [-0.2, -0.15) is 0 Å². The van der Waals surface area contributed by atoms with Crippen molar-refractivity contribution in [1.82, 2.24) is 4.98 Å². The van der Waals surface area contributed by atoms with E-state index in [2.05, 4.69) is 4.98 Å². The Morgan fingerprint density at radius 1 is 1.10 bits per heavy atom. The topological polar surface area (TPSA) is 50.2 Å². The highest BCUT2D eigenvalue weighted by molar-refractivity contribution is 5.88. The van der Waals surface area contributed by atoms with E-state index in [-0.39, 0.29) is 5.56 Å². The summed E-state index contributed by atoms with van der Waals surface area (Å²) >= 11 is 0. The number of halogens is 1. The zero-order valence-corrected chi connectivity index (χ0v) is 11.1. The molecule has 21 heavy (non-hydrogen) atoms. The van der Waals surface area contributed by atoms with Crippen LogP contribution in [0.2, 0.25) is 0 Å². The Morgan fingerprint density at radius 3 is 2.71 bits per heavy atom. The smallest absolute Gasteiger partial charge is 0.338 e. The third-order valence-corrected chi connectivity index (χ3v) is 3.30. The number of carboxylic acid groups (broad SMARTS) is 1. The molecule has 3 aromatic rings. The van der Waals surface area contributed by atoms with Crippen LogP contribution in [-0.2, 0) is 6.42 Å². The lowest BCUT2D eigenvalue weighted by atomic mass is 10.0. The Bertz CT molecular complexity index is 830. The van der Waals surface area contributed by atoms with Crippen LogP contribution in [0.1, 0.15) is 21.6 Å². The van der Waals surface area contributed by atoms with Crippen LogP contribution in [0, 0.1) is 5.82 Å². The fraction of sp³-hybridized carbons (Fsp3) is 0.0588. The molecule has 0 bridgehead atoms. The van der Waals surface area contributed by atoms with E-state index in [1.165, 1.54) is 12.1 Å². The number of hydrogen-bond acceptors (Lipinski definition) is 2. The summed E-state index contributed by atoms with van der Waals surface area (Å²) in [5.74, 6) is -1.99. The van der Waals surface area contributed by atoms with Gasteiger partial charge in [0.15, 0.2) is 0 Å². The Hall–Kier alpha value is -2.75. The van der Waals surface area contributed by atoms with Gasteiger partial charge in [-0.3, -0.25) is 4.98 Å². The van der Waals surface area contributed by atoms with E-state index in [9.17, 15) is 9.18 Å². The third kappa shape index (κ3) is 2.74. The molecule has 4 heteroatoms. The minimum Gasteiger partial charge on any atom is -0.478 e. The molecule has 0 unspecified atom stereocenters. The van der Waals surface area contributed by atoms with E-state index in [1.807, 2.05) is 36.4 Å². The summed E-state index contributed by atoms with van der Waals surface area (Å²) in [5, 5.41) is 9.99. The van der Waals surface area contributed by atoms with Gasteiger partial charge in [0.25, 0.3) is 0 Å². The summed E-state index contributed by atoms with van der Waals surface area (Å²) in [4.78, 5) is 15.5. The zero-order valence-electron chi connectivity index (χ0n) is 11.1. The molecule has 0 fully saturated rings. The number of fused-ring (bicyclic) bond motifs is 1. The molecule has 104 valence electrons. The Balaban J connectivity index is 1.94. The number of pyridine rings is 1. The average Bonchev–Trinajstić information content (AvgIpc) is 2.49. The van der Waals surface area contributed by atoms with E-state index in [0.717, 1.165) is 22.2 Å². The van der Waals surface area contributed by atoms with Crippen LogP contribution in [0.3, 0.4) is 0 Å². The standard InChI is InChI=1S/C17H12FNO2/c18-15-8-5-11(10-14(15)17(20)21)9-13-7-6-12-3-1-2-4-16(12)19-13/h1-8,10H,9H2,(H,20,21). The van der Waals surface area contributed by atoms with E-state index in [0.29, 0.717) is 6.42 Å². The predicted molar refractivity (Wildman–Crippen MR) is 77.9 cm³/mol. The molecule has 0 amide bonds.